The molecule has 0 spiro atoms. The van der Waals surface area contributed by atoms with Gasteiger partial charge >= 0.3 is 6.61 Å². The number of hydrogen-bond donors (Lipinski definition) is 1. The lowest BCUT2D eigenvalue weighted by atomic mass is 10.1. The normalized spacial score (nSPS) is 15.0. The number of ether oxygens (including phenoxy) is 1. The molecule has 1 aromatic heterocycles. The molecular formula is C17H18F2N2O2S. The summed E-state index contributed by atoms with van der Waals surface area (Å²) < 4.78 is 28.7. The number of rotatable bonds is 5. The molecule has 1 aliphatic rings. The zero-order chi connectivity index (χ0) is 17.1. The predicted octanol–water partition coefficient (Wildman–Crippen LogP) is 4.85. The fourth-order valence-corrected chi connectivity index (χ4v) is 3.75. The van der Waals surface area contributed by atoms with Crippen LogP contribution < -0.4 is 10.1 Å². The maximum absolute atomic E-state index is 12.2. The summed E-state index contributed by atoms with van der Waals surface area (Å²) in [6, 6.07) is 6.33. The summed E-state index contributed by atoms with van der Waals surface area (Å²) in [6.45, 7) is -0.920. The Bertz CT molecular complexity index is 710. The minimum atomic E-state index is -2.84. The lowest BCUT2D eigenvalue weighted by Crippen LogP contribution is -2.20. The van der Waals surface area contributed by atoms with Crippen molar-refractivity contribution in [1.82, 2.24) is 4.98 Å². The van der Waals surface area contributed by atoms with Crippen molar-refractivity contribution >= 4 is 22.4 Å². The first-order valence-corrected chi connectivity index (χ1v) is 8.68. The highest BCUT2D eigenvalue weighted by atomic mass is 32.1. The number of alkyl halides is 2. The number of halogens is 2. The number of amides is 1. The molecule has 0 unspecified atom stereocenters. The Hall–Kier alpha value is -2.02. The lowest BCUT2D eigenvalue weighted by molar-refractivity contribution is -0.119. The highest BCUT2D eigenvalue weighted by molar-refractivity contribution is 7.16. The van der Waals surface area contributed by atoms with Crippen molar-refractivity contribution in [2.75, 3.05) is 5.32 Å². The van der Waals surface area contributed by atoms with Crippen LogP contribution in [0.4, 0.5) is 13.9 Å². The average molecular weight is 352 g/mol. The first kappa shape index (κ1) is 16.8. The van der Waals surface area contributed by atoms with Gasteiger partial charge in [-0.1, -0.05) is 12.8 Å². The van der Waals surface area contributed by atoms with Gasteiger partial charge in [-0.2, -0.15) is 8.78 Å². The molecule has 1 aromatic carbocycles. The smallest absolute Gasteiger partial charge is 0.387 e. The van der Waals surface area contributed by atoms with E-state index in [0.717, 1.165) is 41.8 Å². The van der Waals surface area contributed by atoms with E-state index < -0.39 is 6.61 Å². The molecule has 0 bridgehead atoms. The number of hydrogen-bond acceptors (Lipinski definition) is 4. The fourth-order valence-electron chi connectivity index (χ4n) is 2.91. The van der Waals surface area contributed by atoms with Crippen LogP contribution in [-0.4, -0.2) is 17.5 Å². The molecule has 0 aliphatic heterocycles. The number of nitrogens with zero attached hydrogens (tertiary/aromatic N) is 1. The third kappa shape index (κ3) is 3.90. The average Bonchev–Trinajstić information content (AvgIpc) is 3.17. The first-order valence-electron chi connectivity index (χ1n) is 7.86. The van der Waals surface area contributed by atoms with Gasteiger partial charge in [-0.05, 0) is 44.0 Å². The van der Waals surface area contributed by atoms with Crippen LogP contribution in [0.25, 0.3) is 11.3 Å². The van der Waals surface area contributed by atoms with Crippen LogP contribution in [0.2, 0.25) is 0 Å². The van der Waals surface area contributed by atoms with E-state index in [4.69, 9.17) is 0 Å². The van der Waals surface area contributed by atoms with Crippen molar-refractivity contribution in [1.29, 1.82) is 0 Å². The number of benzene rings is 1. The van der Waals surface area contributed by atoms with E-state index in [9.17, 15) is 13.6 Å². The van der Waals surface area contributed by atoms with E-state index in [-0.39, 0.29) is 17.6 Å². The Balaban J connectivity index is 1.72. The largest absolute Gasteiger partial charge is 0.435 e. The molecule has 1 aliphatic carbocycles. The minimum absolute atomic E-state index is 0.0356. The summed E-state index contributed by atoms with van der Waals surface area (Å²) >= 11 is 1.42. The molecule has 128 valence electrons. The highest BCUT2D eigenvalue weighted by Crippen LogP contribution is 2.33. The van der Waals surface area contributed by atoms with Gasteiger partial charge in [-0.3, -0.25) is 4.79 Å². The van der Waals surface area contributed by atoms with E-state index in [1.54, 1.807) is 12.1 Å². The molecule has 24 heavy (non-hydrogen) atoms. The molecule has 7 heteroatoms. The molecule has 1 amide bonds. The van der Waals surface area contributed by atoms with Gasteiger partial charge in [0.2, 0.25) is 5.91 Å². The van der Waals surface area contributed by atoms with Gasteiger partial charge in [0.15, 0.2) is 5.13 Å². The number of aromatic nitrogens is 1. The van der Waals surface area contributed by atoms with Gasteiger partial charge in [0.25, 0.3) is 0 Å². The van der Waals surface area contributed by atoms with Gasteiger partial charge in [-0.25, -0.2) is 4.98 Å². The monoisotopic (exact) mass is 352 g/mol. The third-order valence-corrected chi connectivity index (χ3v) is 4.99. The third-order valence-electron chi connectivity index (χ3n) is 4.11. The van der Waals surface area contributed by atoms with Crippen molar-refractivity contribution in [3.05, 3.63) is 29.1 Å². The molecule has 0 atom stereocenters. The molecule has 1 N–H and O–H groups in total. The van der Waals surface area contributed by atoms with E-state index in [0.29, 0.717) is 5.13 Å². The number of aryl methyl sites for hydroxylation is 1. The second-order valence-corrected chi connectivity index (χ2v) is 7.00. The molecule has 3 rings (SSSR count). The summed E-state index contributed by atoms with van der Waals surface area (Å²) in [4.78, 5) is 17.6. The molecule has 1 heterocycles. The Morgan fingerprint density at radius 2 is 1.96 bits per heavy atom. The van der Waals surface area contributed by atoms with E-state index in [1.807, 2.05) is 6.92 Å². The molecule has 0 radical (unpaired) electrons. The first-order chi connectivity index (χ1) is 11.5. The standard InChI is InChI=1S/C17H18F2N2O2S/c1-10-14(11-6-8-13(9-7-11)23-16(18)19)20-17(24-10)21-15(22)12-4-2-3-5-12/h6-9,12,16H,2-5H2,1H3,(H,20,21,22). The van der Waals surface area contributed by atoms with Crippen LogP contribution >= 0.6 is 11.3 Å². The van der Waals surface area contributed by atoms with Crippen molar-refractivity contribution in [2.24, 2.45) is 5.92 Å². The Morgan fingerprint density at radius 1 is 1.29 bits per heavy atom. The Labute approximate surface area is 142 Å². The number of thiazole rings is 1. The van der Waals surface area contributed by atoms with Crippen LogP contribution in [0.15, 0.2) is 24.3 Å². The second kappa shape index (κ2) is 7.25. The van der Waals surface area contributed by atoms with Crippen LogP contribution in [-0.2, 0) is 4.79 Å². The second-order valence-electron chi connectivity index (χ2n) is 5.80. The minimum Gasteiger partial charge on any atom is -0.435 e. The lowest BCUT2D eigenvalue weighted by Gasteiger charge is -2.07. The molecular weight excluding hydrogens is 334 g/mol. The number of nitrogens with one attached hydrogen (secondary N) is 1. The van der Waals surface area contributed by atoms with Crippen molar-refractivity contribution in [2.45, 2.75) is 39.2 Å². The SMILES string of the molecule is Cc1sc(NC(=O)C2CCCC2)nc1-c1ccc(OC(F)F)cc1. The van der Waals surface area contributed by atoms with Crippen molar-refractivity contribution in [3.8, 4) is 17.0 Å². The van der Waals surface area contributed by atoms with Crippen molar-refractivity contribution in [3.63, 3.8) is 0 Å². The maximum Gasteiger partial charge on any atom is 0.387 e. The zero-order valence-electron chi connectivity index (χ0n) is 13.2. The summed E-state index contributed by atoms with van der Waals surface area (Å²) in [5, 5.41) is 3.47. The topological polar surface area (TPSA) is 51.2 Å². The zero-order valence-corrected chi connectivity index (χ0v) is 14.0. The maximum atomic E-state index is 12.2. The van der Waals surface area contributed by atoms with Crippen LogP contribution in [0.1, 0.15) is 30.6 Å². The Kier molecular flexibility index (Phi) is 5.08. The number of anilines is 1. The predicted molar refractivity (Wildman–Crippen MR) is 89.5 cm³/mol. The van der Waals surface area contributed by atoms with Gasteiger partial charge < -0.3 is 10.1 Å². The summed E-state index contributed by atoms with van der Waals surface area (Å²) in [5.41, 5.74) is 1.54. The summed E-state index contributed by atoms with van der Waals surface area (Å²) in [6.07, 6.45) is 4.09. The molecule has 1 fully saturated rings. The van der Waals surface area contributed by atoms with Gasteiger partial charge in [-0.15, -0.1) is 11.3 Å². The molecule has 0 saturated heterocycles. The van der Waals surface area contributed by atoms with Crippen LogP contribution in [0.5, 0.6) is 5.75 Å². The van der Waals surface area contributed by atoms with Gasteiger partial charge in [0.1, 0.15) is 5.75 Å². The van der Waals surface area contributed by atoms with Crippen molar-refractivity contribution < 1.29 is 18.3 Å². The molecule has 1 saturated carbocycles. The van der Waals surface area contributed by atoms with Crippen LogP contribution in [0, 0.1) is 12.8 Å². The Morgan fingerprint density at radius 3 is 2.58 bits per heavy atom. The number of carbonyl (C=O) groups is 1. The van der Waals surface area contributed by atoms with E-state index in [1.165, 1.54) is 23.5 Å². The van der Waals surface area contributed by atoms with Gasteiger partial charge in [0.05, 0.1) is 5.69 Å². The highest BCUT2D eigenvalue weighted by Gasteiger charge is 2.23. The number of carbonyl (C=O) groups excluding carboxylic acids is 1. The summed E-state index contributed by atoms with van der Waals surface area (Å²) in [5.74, 6) is 0.230. The summed E-state index contributed by atoms with van der Waals surface area (Å²) in [7, 11) is 0. The van der Waals surface area contributed by atoms with E-state index >= 15 is 0 Å². The van der Waals surface area contributed by atoms with Crippen LogP contribution in [0.3, 0.4) is 0 Å². The fraction of sp³-hybridized carbons (Fsp3) is 0.412. The van der Waals surface area contributed by atoms with E-state index in [2.05, 4.69) is 15.0 Å². The molecule has 4 nitrogen and oxygen atoms in total. The van der Waals surface area contributed by atoms with Gasteiger partial charge in [0, 0.05) is 16.4 Å². The molecule has 2 aromatic rings. The quantitative estimate of drug-likeness (QED) is 0.837.